The van der Waals surface area contributed by atoms with Gasteiger partial charge >= 0.3 is 11.9 Å². The molecule has 0 atom stereocenters. The minimum absolute atomic E-state index is 0.171. The number of esters is 2. The Hall–Kier alpha value is -1.88. The first-order valence-corrected chi connectivity index (χ1v) is 4.63. The molecule has 0 aromatic heterocycles. The summed E-state index contributed by atoms with van der Waals surface area (Å²) in [6.07, 6.45) is 0.171. The molecule has 86 valence electrons. The summed E-state index contributed by atoms with van der Waals surface area (Å²) in [5.41, 5.74) is 0.760. The highest BCUT2D eigenvalue weighted by atomic mass is 16.5. The fourth-order valence-corrected chi connectivity index (χ4v) is 1.08. The fraction of sp³-hybridized carbons (Fsp3) is 0.273. The lowest BCUT2D eigenvalue weighted by Gasteiger charge is -2.03. The van der Waals surface area contributed by atoms with Crippen molar-refractivity contribution in [2.45, 2.75) is 6.42 Å². The lowest BCUT2D eigenvalue weighted by atomic mass is 10.1. The Morgan fingerprint density at radius 1 is 1.19 bits per heavy atom. The van der Waals surface area contributed by atoms with Crippen molar-refractivity contribution >= 4 is 11.9 Å². The Labute approximate surface area is 92.6 Å². The maximum Gasteiger partial charge on any atom is 0.337 e. The quantitative estimate of drug-likeness (QED) is 0.588. The topological polar surface area (TPSA) is 72.8 Å². The number of hydrogen-bond acceptors (Lipinski definition) is 5. The summed E-state index contributed by atoms with van der Waals surface area (Å²) in [5, 5.41) is 8.47. The number of benzene rings is 1. The van der Waals surface area contributed by atoms with Crippen molar-refractivity contribution in [2.24, 2.45) is 0 Å². The fourth-order valence-electron chi connectivity index (χ4n) is 1.08. The van der Waals surface area contributed by atoms with Gasteiger partial charge in [-0.25, -0.2) is 4.79 Å². The van der Waals surface area contributed by atoms with Crippen LogP contribution in [0.3, 0.4) is 0 Å². The molecule has 0 saturated carbocycles. The minimum Gasteiger partial charge on any atom is -0.469 e. The number of carbonyl (C=O) groups excluding carboxylic acids is 2. The third-order valence-electron chi connectivity index (χ3n) is 1.86. The van der Waals surface area contributed by atoms with E-state index in [-0.39, 0.29) is 12.4 Å². The summed E-state index contributed by atoms with van der Waals surface area (Å²) in [6, 6.07) is 6.39. The van der Waals surface area contributed by atoms with Crippen LogP contribution in [0.1, 0.15) is 5.56 Å². The predicted octanol–water partition coefficient (Wildman–Crippen LogP) is 0.300. The van der Waals surface area contributed by atoms with Crippen LogP contribution in [0, 0.1) is 0 Å². The molecule has 1 rings (SSSR count). The molecule has 0 saturated heterocycles. The highest BCUT2D eigenvalue weighted by Crippen LogP contribution is 2.12. The van der Waals surface area contributed by atoms with Crippen LogP contribution in [-0.4, -0.2) is 30.8 Å². The van der Waals surface area contributed by atoms with Gasteiger partial charge in [-0.1, -0.05) is 12.1 Å². The lowest BCUT2D eigenvalue weighted by Crippen LogP contribution is -2.12. The second kappa shape index (κ2) is 5.87. The minimum atomic E-state index is -0.722. The smallest absolute Gasteiger partial charge is 0.337 e. The van der Waals surface area contributed by atoms with E-state index in [9.17, 15) is 9.59 Å². The van der Waals surface area contributed by atoms with Gasteiger partial charge in [0.15, 0.2) is 0 Å². The zero-order chi connectivity index (χ0) is 12.0. The molecular formula is C11H12O5. The molecular weight excluding hydrogens is 212 g/mol. The maximum absolute atomic E-state index is 10.9. The van der Waals surface area contributed by atoms with Crippen LogP contribution in [-0.2, 0) is 20.7 Å². The highest BCUT2D eigenvalue weighted by molar-refractivity contribution is 5.74. The average Bonchev–Trinajstić information content (AvgIpc) is 2.31. The van der Waals surface area contributed by atoms with Gasteiger partial charge in [-0.15, -0.1) is 0 Å². The Kier molecular flexibility index (Phi) is 4.47. The summed E-state index contributed by atoms with van der Waals surface area (Å²) in [7, 11) is 1.32. The number of hydrogen-bond donors (Lipinski definition) is 1. The molecule has 0 unspecified atom stereocenters. The van der Waals surface area contributed by atoms with Crippen LogP contribution in [0.25, 0.3) is 0 Å². The van der Waals surface area contributed by atoms with Gasteiger partial charge in [0.2, 0.25) is 0 Å². The molecule has 0 heterocycles. The van der Waals surface area contributed by atoms with Crippen LogP contribution in [0.15, 0.2) is 24.3 Å². The standard InChI is InChI=1S/C11H12O5/c1-15-10(13)6-8-2-4-9(5-3-8)16-11(14)7-12/h2-5,12H,6-7H2,1H3. The summed E-state index contributed by atoms with van der Waals surface area (Å²) in [5.74, 6) is -0.728. The van der Waals surface area contributed by atoms with E-state index in [1.807, 2.05) is 0 Å². The molecule has 1 N–H and O–H groups in total. The third-order valence-corrected chi connectivity index (χ3v) is 1.86. The van der Waals surface area contributed by atoms with Crippen molar-refractivity contribution in [1.29, 1.82) is 0 Å². The molecule has 0 radical (unpaired) electrons. The molecule has 1 aromatic carbocycles. The number of aliphatic hydroxyl groups is 1. The second-order valence-corrected chi connectivity index (χ2v) is 3.03. The molecule has 0 aliphatic rings. The Morgan fingerprint density at radius 3 is 2.31 bits per heavy atom. The molecule has 5 nitrogen and oxygen atoms in total. The zero-order valence-corrected chi connectivity index (χ0v) is 8.80. The Morgan fingerprint density at radius 2 is 1.81 bits per heavy atom. The van der Waals surface area contributed by atoms with Gasteiger partial charge < -0.3 is 14.6 Å². The normalized spacial score (nSPS) is 9.62. The van der Waals surface area contributed by atoms with E-state index in [1.54, 1.807) is 24.3 Å². The van der Waals surface area contributed by atoms with E-state index in [1.165, 1.54) is 7.11 Å². The Bertz CT molecular complexity index is 331. The van der Waals surface area contributed by atoms with E-state index in [0.29, 0.717) is 5.75 Å². The first-order chi connectivity index (χ1) is 7.65. The SMILES string of the molecule is COC(=O)Cc1ccc(OC(=O)CO)cc1. The first-order valence-electron chi connectivity index (χ1n) is 4.63. The van der Waals surface area contributed by atoms with Gasteiger partial charge in [0.25, 0.3) is 0 Å². The number of aliphatic hydroxyl groups excluding tert-OH is 1. The molecule has 0 bridgehead atoms. The van der Waals surface area contributed by atoms with Crippen LogP contribution in [0.5, 0.6) is 5.75 Å². The van der Waals surface area contributed by atoms with E-state index in [0.717, 1.165) is 5.56 Å². The van der Waals surface area contributed by atoms with Gasteiger partial charge in [0, 0.05) is 0 Å². The number of rotatable bonds is 4. The summed E-state index contributed by atoms with van der Waals surface area (Å²) >= 11 is 0. The van der Waals surface area contributed by atoms with E-state index in [2.05, 4.69) is 4.74 Å². The average molecular weight is 224 g/mol. The number of ether oxygens (including phenoxy) is 2. The predicted molar refractivity (Wildman–Crippen MR) is 54.9 cm³/mol. The Balaban J connectivity index is 2.60. The zero-order valence-electron chi connectivity index (χ0n) is 8.80. The first kappa shape index (κ1) is 12.2. The van der Waals surface area contributed by atoms with E-state index >= 15 is 0 Å². The summed E-state index contributed by atoms with van der Waals surface area (Å²) in [6.45, 7) is -0.663. The molecule has 5 heteroatoms. The van der Waals surface area contributed by atoms with Crippen LogP contribution < -0.4 is 4.74 Å². The molecule has 0 amide bonds. The molecule has 0 spiro atoms. The number of methoxy groups -OCH3 is 1. The molecule has 0 aliphatic carbocycles. The van der Waals surface area contributed by atoms with Crippen molar-refractivity contribution in [3.8, 4) is 5.75 Å². The number of carbonyl (C=O) groups is 2. The highest BCUT2D eigenvalue weighted by Gasteiger charge is 2.05. The molecule has 0 aliphatic heterocycles. The van der Waals surface area contributed by atoms with E-state index in [4.69, 9.17) is 9.84 Å². The molecule has 16 heavy (non-hydrogen) atoms. The van der Waals surface area contributed by atoms with Crippen LogP contribution in [0.4, 0.5) is 0 Å². The van der Waals surface area contributed by atoms with Gasteiger partial charge in [0.1, 0.15) is 12.4 Å². The van der Waals surface area contributed by atoms with Crippen molar-refractivity contribution < 1.29 is 24.2 Å². The van der Waals surface area contributed by atoms with Gasteiger partial charge in [0.05, 0.1) is 13.5 Å². The van der Waals surface area contributed by atoms with Crippen molar-refractivity contribution in [3.63, 3.8) is 0 Å². The summed E-state index contributed by atoms with van der Waals surface area (Å²) in [4.78, 5) is 21.7. The molecule has 1 aromatic rings. The van der Waals surface area contributed by atoms with Gasteiger partial charge in [-0.2, -0.15) is 0 Å². The molecule has 0 fully saturated rings. The van der Waals surface area contributed by atoms with E-state index < -0.39 is 12.6 Å². The van der Waals surface area contributed by atoms with Crippen molar-refractivity contribution in [2.75, 3.05) is 13.7 Å². The van der Waals surface area contributed by atoms with Crippen molar-refractivity contribution in [1.82, 2.24) is 0 Å². The van der Waals surface area contributed by atoms with Crippen LogP contribution in [0.2, 0.25) is 0 Å². The largest absolute Gasteiger partial charge is 0.469 e. The summed E-state index contributed by atoms with van der Waals surface area (Å²) < 4.78 is 9.25. The van der Waals surface area contributed by atoms with Gasteiger partial charge in [-0.05, 0) is 17.7 Å². The maximum atomic E-state index is 10.9. The third kappa shape index (κ3) is 3.70. The van der Waals surface area contributed by atoms with Crippen molar-refractivity contribution in [3.05, 3.63) is 29.8 Å². The van der Waals surface area contributed by atoms with Crippen LogP contribution >= 0.6 is 0 Å². The lowest BCUT2D eigenvalue weighted by molar-refractivity contribution is -0.140. The van der Waals surface area contributed by atoms with Gasteiger partial charge in [-0.3, -0.25) is 4.79 Å². The monoisotopic (exact) mass is 224 g/mol. The second-order valence-electron chi connectivity index (χ2n) is 3.03.